The van der Waals surface area contributed by atoms with Gasteiger partial charge in [0.2, 0.25) is 0 Å². The summed E-state index contributed by atoms with van der Waals surface area (Å²) in [6.45, 7) is 0. The van der Waals surface area contributed by atoms with Crippen LogP contribution in [-0.2, 0) is 0 Å². The van der Waals surface area contributed by atoms with Gasteiger partial charge in [0.1, 0.15) is 0 Å². The van der Waals surface area contributed by atoms with E-state index < -0.39 is 0 Å². The predicted octanol–water partition coefficient (Wildman–Crippen LogP) is 3.87. The van der Waals surface area contributed by atoms with Crippen LogP contribution in [0.2, 0.25) is 0 Å². The van der Waals surface area contributed by atoms with Gasteiger partial charge in [0.05, 0.1) is 5.25 Å². The Morgan fingerprint density at radius 1 is 1.06 bits per heavy atom. The number of benzene rings is 2. The van der Waals surface area contributed by atoms with Crippen LogP contribution in [0, 0.1) is 0 Å². The summed E-state index contributed by atoms with van der Waals surface area (Å²) in [6.07, 6.45) is 0. The van der Waals surface area contributed by atoms with Crippen LogP contribution in [0.25, 0.3) is 10.8 Å². The zero-order valence-corrected chi connectivity index (χ0v) is 11.6. The quantitative estimate of drug-likeness (QED) is 0.774. The highest BCUT2D eigenvalue weighted by atomic mass is 32.2. The number of fused-ring (bicyclic) bond motifs is 1. The number of thioether (sulfide) groups is 2. The largest absolute Gasteiger partial charge is 0.293 e. The molecule has 0 bridgehead atoms. The molecule has 0 spiro atoms. The second-order valence-electron chi connectivity index (χ2n) is 4.33. The van der Waals surface area contributed by atoms with E-state index >= 15 is 0 Å². The first kappa shape index (κ1) is 12.1. The van der Waals surface area contributed by atoms with E-state index in [2.05, 4.69) is 12.1 Å². The van der Waals surface area contributed by atoms with Crippen molar-refractivity contribution in [2.75, 3.05) is 17.3 Å². The molecule has 2 aromatic carbocycles. The fourth-order valence-electron chi connectivity index (χ4n) is 2.25. The lowest BCUT2D eigenvalue weighted by Crippen LogP contribution is -2.24. The van der Waals surface area contributed by atoms with Crippen molar-refractivity contribution in [1.29, 1.82) is 0 Å². The Morgan fingerprint density at radius 3 is 2.72 bits per heavy atom. The van der Waals surface area contributed by atoms with Crippen LogP contribution in [0.4, 0.5) is 0 Å². The molecular weight excluding hydrogens is 260 g/mol. The molecule has 1 saturated heterocycles. The van der Waals surface area contributed by atoms with Crippen LogP contribution in [0.15, 0.2) is 42.5 Å². The summed E-state index contributed by atoms with van der Waals surface area (Å²) in [5.74, 6) is 3.51. The van der Waals surface area contributed by atoms with Crippen molar-refractivity contribution in [1.82, 2.24) is 0 Å². The Bertz CT molecular complexity index is 568. The fraction of sp³-hybridized carbons (Fsp3) is 0.267. The molecule has 1 fully saturated rings. The summed E-state index contributed by atoms with van der Waals surface area (Å²) in [6, 6.07) is 14.1. The highest BCUT2D eigenvalue weighted by molar-refractivity contribution is 8.07. The summed E-state index contributed by atoms with van der Waals surface area (Å²) < 4.78 is 0. The SMILES string of the molecule is O=C(c1cccc2ccccc12)C1CSCCS1. The molecule has 3 heteroatoms. The number of carbonyl (C=O) groups excluding carboxylic acids is 1. The van der Waals surface area contributed by atoms with Crippen LogP contribution in [0.3, 0.4) is 0 Å². The first-order chi connectivity index (χ1) is 8.86. The smallest absolute Gasteiger partial charge is 0.177 e. The molecule has 1 nitrogen and oxygen atoms in total. The van der Waals surface area contributed by atoms with Gasteiger partial charge in [0, 0.05) is 22.8 Å². The third-order valence-corrected chi connectivity index (χ3v) is 5.92. The molecule has 18 heavy (non-hydrogen) atoms. The van der Waals surface area contributed by atoms with Crippen molar-refractivity contribution < 1.29 is 4.79 Å². The molecule has 1 aliphatic heterocycles. The van der Waals surface area contributed by atoms with Gasteiger partial charge in [-0.25, -0.2) is 0 Å². The minimum atomic E-state index is 0.134. The summed E-state index contributed by atoms with van der Waals surface area (Å²) in [4.78, 5) is 12.6. The van der Waals surface area contributed by atoms with Gasteiger partial charge in [0.15, 0.2) is 5.78 Å². The van der Waals surface area contributed by atoms with E-state index in [9.17, 15) is 4.79 Å². The number of carbonyl (C=O) groups is 1. The van der Waals surface area contributed by atoms with Crippen LogP contribution in [-0.4, -0.2) is 28.3 Å². The van der Waals surface area contributed by atoms with Gasteiger partial charge >= 0.3 is 0 Å². The van der Waals surface area contributed by atoms with E-state index in [0.717, 1.165) is 27.8 Å². The van der Waals surface area contributed by atoms with E-state index in [1.165, 1.54) is 5.75 Å². The average molecular weight is 274 g/mol. The zero-order chi connectivity index (χ0) is 12.4. The highest BCUT2D eigenvalue weighted by Gasteiger charge is 2.24. The van der Waals surface area contributed by atoms with Crippen molar-refractivity contribution in [3.05, 3.63) is 48.0 Å². The van der Waals surface area contributed by atoms with Gasteiger partial charge in [-0.1, -0.05) is 42.5 Å². The lowest BCUT2D eigenvalue weighted by Gasteiger charge is -2.20. The second kappa shape index (κ2) is 5.37. The normalized spacial score (nSPS) is 19.9. The van der Waals surface area contributed by atoms with Gasteiger partial charge in [-0.2, -0.15) is 11.8 Å². The van der Waals surface area contributed by atoms with E-state index in [1.807, 2.05) is 42.1 Å². The van der Waals surface area contributed by atoms with Crippen LogP contribution < -0.4 is 0 Å². The number of Topliss-reactive ketones (excluding diaryl/α,β-unsaturated/α-hetero) is 1. The lowest BCUT2D eigenvalue weighted by atomic mass is 10.0. The molecule has 0 aliphatic carbocycles. The third-order valence-electron chi connectivity index (χ3n) is 3.16. The maximum atomic E-state index is 12.6. The number of hydrogen-bond acceptors (Lipinski definition) is 3. The molecule has 1 atom stereocenters. The Hall–Kier alpha value is -0.930. The second-order valence-corrected chi connectivity index (χ2v) is 6.79. The van der Waals surface area contributed by atoms with Gasteiger partial charge in [0.25, 0.3) is 0 Å². The van der Waals surface area contributed by atoms with E-state index in [1.54, 1.807) is 11.8 Å². The average Bonchev–Trinajstić information content (AvgIpc) is 2.47. The third kappa shape index (κ3) is 2.29. The van der Waals surface area contributed by atoms with Crippen molar-refractivity contribution in [2.45, 2.75) is 5.25 Å². The van der Waals surface area contributed by atoms with Crippen LogP contribution in [0.1, 0.15) is 10.4 Å². The molecule has 92 valence electrons. The molecule has 1 unspecified atom stereocenters. The monoisotopic (exact) mass is 274 g/mol. The maximum Gasteiger partial charge on any atom is 0.177 e. The van der Waals surface area contributed by atoms with Crippen molar-refractivity contribution in [3.8, 4) is 0 Å². The molecule has 3 rings (SSSR count). The summed E-state index contributed by atoms with van der Waals surface area (Å²) in [5.41, 5.74) is 0.883. The number of rotatable bonds is 2. The Balaban J connectivity index is 2.00. The highest BCUT2D eigenvalue weighted by Crippen LogP contribution is 2.29. The maximum absolute atomic E-state index is 12.6. The molecule has 0 amide bonds. The number of hydrogen-bond donors (Lipinski definition) is 0. The first-order valence-corrected chi connectivity index (χ1v) is 8.28. The van der Waals surface area contributed by atoms with Crippen molar-refractivity contribution in [3.63, 3.8) is 0 Å². The van der Waals surface area contributed by atoms with Crippen molar-refractivity contribution >= 4 is 40.1 Å². The predicted molar refractivity (Wildman–Crippen MR) is 81.8 cm³/mol. The Morgan fingerprint density at radius 2 is 1.89 bits per heavy atom. The molecular formula is C15H14OS2. The van der Waals surface area contributed by atoms with E-state index in [-0.39, 0.29) is 5.25 Å². The number of ketones is 1. The molecule has 0 saturated carbocycles. The molecule has 0 N–H and O–H groups in total. The molecule has 1 aliphatic rings. The Labute approximate surface area is 115 Å². The standard InChI is InChI=1S/C15H14OS2/c16-15(14-10-17-8-9-18-14)13-7-3-5-11-4-1-2-6-12(11)13/h1-7,14H,8-10H2. The van der Waals surface area contributed by atoms with E-state index in [0.29, 0.717) is 5.78 Å². The van der Waals surface area contributed by atoms with Crippen LogP contribution >= 0.6 is 23.5 Å². The minimum absolute atomic E-state index is 0.134. The first-order valence-electron chi connectivity index (χ1n) is 6.07. The minimum Gasteiger partial charge on any atom is -0.293 e. The molecule has 0 aromatic heterocycles. The summed E-state index contributed by atoms with van der Waals surface area (Å²) >= 11 is 3.69. The van der Waals surface area contributed by atoms with Crippen molar-refractivity contribution in [2.24, 2.45) is 0 Å². The fourth-order valence-corrected chi connectivity index (χ4v) is 4.88. The molecule has 0 radical (unpaired) electrons. The van der Waals surface area contributed by atoms with Gasteiger partial charge in [-0.05, 0) is 10.8 Å². The lowest BCUT2D eigenvalue weighted by molar-refractivity contribution is 0.0996. The van der Waals surface area contributed by atoms with Gasteiger partial charge < -0.3 is 0 Å². The topological polar surface area (TPSA) is 17.1 Å². The van der Waals surface area contributed by atoms with Crippen LogP contribution in [0.5, 0.6) is 0 Å². The molecule has 1 heterocycles. The Kier molecular flexibility index (Phi) is 3.62. The van der Waals surface area contributed by atoms with Gasteiger partial charge in [-0.15, -0.1) is 11.8 Å². The summed E-state index contributed by atoms with van der Waals surface area (Å²) in [7, 11) is 0. The van der Waals surface area contributed by atoms with E-state index in [4.69, 9.17) is 0 Å². The zero-order valence-electron chi connectivity index (χ0n) is 9.96. The van der Waals surface area contributed by atoms with Gasteiger partial charge in [-0.3, -0.25) is 4.79 Å². The molecule has 2 aromatic rings. The summed E-state index contributed by atoms with van der Waals surface area (Å²) in [5, 5.41) is 2.37.